The Morgan fingerprint density at radius 1 is 1.36 bits per heavy atom. The SMILES string of the molecule is CNCC(=O)Nc1ccc(C)c(OCC2CCOCC2)c1.Cl. The normalized spacial score (nSPS) is 15.0. The molecule has 0 unspecified atom stereocenters. The summed E-state index contributed by atoms with van der Waals surface area (Å²) in [5.41, 5.74) is 1.84. The van der Waals surface area contributed by atoms with Gasteiger partial charge in [0.2, 0.25) is 5.91 Å². The second-order valence-corrected chi connectivity index (χ2v) is 5.43. The third kappa shape index (κ3) is 5.83. The van der Waals surface area contributed by atoms with Crippen LogP contribution in [0.25, 0.3) is 0 Å². The second-order valence-electron chi connectivity index (χ2n) is 5.43. The minimum Gasteiger partial charge on any atom is -0.493 e. The third-order valence-electron chi connectivity index (χ3n) is 3.62. The zero-order valence-corrected chi connectivity index (χ0v) is 14.0. The van der Waals surface area contributed by atoms with Crippen molar-refractivity contribution >= 4 is 24.0 Å². The van der Waals surface area contributed by atoms with Crippen LogP contribution in [0.1, 0.15) is 18.4 Å². The number of carbonyl (C=O) groups is 1. The number of anilines is 1. The van der Waals surface area contributed by atoms with E-state index in [1.54, 1.807) is 7.05 Å². The fourth-order valence-electron chi connectivity index (χ4n) is 2.32. The number of halogens is 1. The van der Waals surface area contributed by atoms with E-state index in [1.807, 2.05) is 25.1 Å². The summed E-state index contributed by atoms with van der Waals surface area (Å²) in [7, 11) is 1.75. The Kier molecular flexibility index (Phi) is 8.24. The summed E-state index contributed by atoms with van der Waals surface area (Å²) in [6.45, 7) is 4.67. The standard InChI is InChI=1S/C16H24N2O3.ClH/c1-12-3-4-14(18-16(19)10-17-2)9-15(12)21-11-13-5-7-20-8-6-13;/h3-4,9,13,17H,5-8,10-11H2,1-2H3,(H,18,19);1H. The van der Waals surface area contributed by atoms with Gasteiger partial charge in [0.15, 0.2) is 0 Å². The largest absolute Gasteiger partial charge is 0.493 e. The van der Waals surface area contributed by atoms with Gasteiger partial charge < -0.3 is 20.1 Å². The van der Waals surface area contributed by atoms with Crippen molar-refractivity contribution in [1.82, 2.24) is 5.32 Å². The summed E-state index contributed by atoms with van der Waals surface area (Å²) in [5.74, 6) is 1.33. The van der Waals surface area contributed by atoms with Gasteiger partial charge in [-0.3, -0.25) is 4.79 Å². The number of nitrogens with one attached hydrogen (secondary N) is 2. The summed E-state index contributed by atoms with van der Waals surface area (Å²) < 4.78 is 11.3. The molecule has 1 aromatic carbocycles. The number of carbonyl (C=O) groups excluding carboxylic acids is 1. The summed E-state index contributed by atoms with van der Waals surface area (Å²) in [5, 5.41) is 5.67. The number of likely N-dealkylation sites (N-methyl/N-ethyl adjacent to an activating group) is 1. The van der Waals surface area contributed by atoms with Crippen LogP contribution in [-0.4, -0.2) is 39.3 Å². The van der Waals surface area contributed by atoms with Crippen molar-refractivity contribution in [3.8, 4) is 5.75 Å². The molecule has 0 spiro atoms. The average Bonchev–Trinajstić information content (AvgIpc) is 2.49. The lowest BCUT2D eigenvalue weighted by atomic mass is 10.0. The monoisotopic (exact) mass is 328 g/mol. The molecule has 1 aromatic rings. The van der Waals surface area contributed by atoms with Crippen molar-refractivity contribution in [2.75, 3.05) is 38.7 Å². The molecule has 1 saturated heterocycles. The highest BCUT2D eigenvalue weighted by atomic mass is 35.5. The number of rotatable bonds is 6. The molecule has 124 valence electrons. The van der Waals surface area contributed by atoms with Gasteiger partial charge in [0.1, 0.15) is 5.75 Å². The number of benzene rings is 1. The van der Waals surface area contributed by atoms with E-state index in [-0.39, 0.29) is 18.3 Å². The first-order chi connectivity index (χ1) is 10.2. The number of hydrogen-bond donors (Lipinski definition) is 2. The van der Waals surface area contributed by atoms with Crippen LogP contribution in [0.4, 0.5) is 5.69 Å². The van der Waals surface area contributed by atoms with Crippen LogP contribution in [0.2, 0.25) is 0 Å². The maximum absolute atomic E-state index is 11.6. The topological polar surface area (TPSA) is 59.6 Å². The summed E-state index contributed by atoms with van der Waals surface area (Å²) in [4.78, 5) is 11.6. The molecule has 2 N–H and O–H groups in total. The zero-order valence-electron chi connectivity index (χ0n) is 13.2. The van der Waals surface area contributed by atoms with Crippen LogP contribution in [0.3, 0.4) is 0 Å². The Labute approximate surface area is 138 Å². The molecule has 1 heterocycles. The molecule has 1 fully saturated rings. The molecular weight excluding hydrogens is 304 g/mol. The lowest BCUT2D eigenvalue weighted by Crippen LogP contribution is -2.25. The summed E-state index contributed by atoms with van der Waals surface area (Å²) in [6, 6.07) is 5.75. The van der Waals surface area contributed by atoms with Crippen LogP contribution in [0.15, 0.2) is 18.2 Å². The molecule has 1 amide bonds. The Morgan fingerprint density at radius 2 is 2.09 bits per heavy atom. The van der Waals surface area contributed by atoms with Crippen LogP contribution in [-0.2, 0) is 9.53 Å². The van der Waals surface area contributed by atoms with Gasteiger partial charge in [-0.2, -0.15) is 0 Å². The van der Waals surface area contributed by atoms with Gasteiger partial charge >= 0.3 is 0 Å². The first kappa shape index (κ1) is 18.7. The first-order valence-electron chi connectivity index (χ1n) is 7.44. The van der Waals surface area contributed by atoms with Crippen molar-refractivity contribution in [2.45, 2.75) is 19.8 Å². The van der Waals surface area contributed by atoms with E-state index in [0.29, 0.717) is 19.1 Å². The van der Waals surface area contributed by atoms with Gasteiger partial charge in [0.25, 0.3) is 0 Å². The maximum Gasteiger partial charge on any atom is 0.238 e. The van der Waals surface area contributed by atoms with Crippen molar-refractivity contribution in [2.24, 2.45) is 5.92 Å². The lowest BCUT2D eigenvalue weighted by molar-refractivity contribution is -0.115. The number of hydrogen-bond acceptors (Lipinski definition) is 4. The van der Waals surface area contributed by atoms with Crippen LogP contribution >= 0.6 is 12.4 Å². The molecular formula is C16H25ClN2O3. The minimum absolute atomic E-state index is 0. The van der Waals surface area contributed by atoms with Crippen molar-refractivity contribution in [3.63, 3.8) is 0 Å². The van der Waals surface area contributed by atoms with Crippen molar-refractivity contribution in [1.29, 1.82) is 0 Å². The smallest absolute Gasteiger partial charge is 0.238 e. The van der Waals surface area contributed by atoms with E-state index in [1.165, 1.54) is 0 Å². The van der Waals surface area contributed by atoms with E-state index in [9.17, 15) is 4.79 Å². The number of aryl methyl sites for hydroxylation is 1. The van der Waals surface area contributed by atoms with E-state index in [0.717, 1.165) is 43.1 Å². The van der Waals surface area contributed by atoms with Crippen LogP contribution in [0.5, 0.6) is 5.75 Å². The van der Waals surface area contributed by atoms with Gasteiger partial charge in [-0.15, -0.1) is 12.4 Å². The Morgan fingerprint density at radius 3 is 2.77 bits per heavy atom. The Bertz CT molecular complexity index is 476. The molecule has 22 heavy (non-hydrogen) atoms. The predicted molar refractivity (Wildman–Crippen MR) is 90.0 cm³/mol. The van der Waals surface area contributed by atoms with Crippen LogP contribution < -0.4 is 15.4 Å². The van der Waals surface area contributed by atoms with Crippen molar-refractivity contribution in [3.05, 3.63) is 23.8 Å². The molecule has 6 heteroatoms. The van der Waals surface area contributed by atoms with E-state index in [2.05, 4.69) is 10.6 Å². The summed E-state index contributed by atoms with van der Waals surface area (Å²) in [6.07, 6.45) is 2.11. The second kappa shape index (κ2) is 9.66. The number of ether oxygens (including phenoxy) is 2. The van der Waals surface area contributed by atoms with Gasteiger partial charge in [0.05, 0.1) is 13.2 Å². The molecule has 0 atom stereocenters. The van der Waals surface area contributed by atoms with E-state index in [4.69, 9.17) is 9.47 Å². The molecule has 0 aromatic heterocycles. The van der Waals surface area contributed by atoms with E-state index >= 15 is 0 Å². The summed E-state index contributed by atoms with van der Waals surface area (Å²) >= 11 is 0. The predicted octanol–water partition coefficient (Wildman–Crippen LogP) is 2.38. The Hall–Kier alpha value is -1.30. The molecule has 1 aliphatic rings. The highest BCUT2D eigenvalue weighted by molar-refractivity contribution is 5.92. The zero-order chi connectivity index (χ0) is 15.1. The lowest BCUT2D eigenvalue weighted by Gasteiger charge is -2.22. The molecule has 2 rings (SSSR count). The molecule has 0 bridgehead atoms. The minimum atomic E-state index is -0.0586. The fourth-order valence-corrected chi connectivity index (χ4v) is 2.32. The van der Waals surface area contributed by atoms with Gasteiger partial charge in [0, 0.05) is 25.0 Å². The van der Waals surface area contributed by atoms with Crippen molar-refractivity contribution < 1.29 is 14.3 Å². The van der Waals surface area contributed by atoms with Gasteiger partial charge in [-0.05, 0) is 44.4 Å². The highest BCUT2D eigenvalue weighted by Gasteiger charge is 2.15. The van der Waals surface area contributed by atoms with Gasteiger partial charge in [-0.25, -0.2) is 0 Å². The van der Waals surface area contributed by atoms with Crippen LogP contribution in [0, 0.1) is 12.8 Å². The first-order valence-corrected chi connectivity index (χ1v) is 7.44. The molecule has 1 aliphatic heterocycles. The Balaban J connectivity index is 0.00000242. The highest BCUT2D eigenvalue weighted by Crippen LogP contribution is 2.24. The molecule has 0 aliphatic carbocycles. The quantitative estimate of drug-likeness (QED) is 0.841. The number of amides is 1. The van der Waals surface area contributed by atoms with Gasteiger partial charge in [-0.1, -0.05) is 6.07 Å². The van der Waals surface area contributed by atoms with E-state index < -0.39 is 0 Å². The maximum atomic E-state index is 11.6. The molecule has 5 nitrogen and oxygen atoms in total. The third-order valence-corrected chi connectivity index (χ3v) is 3.62. The fraction of sp³-hybridized carbons (Fsp3) is 0.562. The average molecular weight is 329 g/mol. The molecule has 0 saturated carbocycles. The molecule has 0 radical (unpaired) electrons.